The molecule has 0 radical (unpaired) electrons. The van der Waals surface area contributed by atoms with Crippen LogP contribution in [0, 0.1) is 0 Å². The Morgan fingerprint density at radius 3 is 2.41 bits per heavy atom. The number of aromatic carboxylic acids is 1. The van der Waals surface area contributed by atoms with Gasteiger partial charge in [-0.25, -0.2) is 4.79 Å². The Morgan fingerprint density at radius 1 is 1.07 bits per heavy atom. The van der Waals surface area contributed by atoms with Gasteiger partial charge in [-0.1, -0.05) is 42.5 Å². The molecule has 0 aliphatic heterocycles. The van der Waals surface area contributed by atoms with Gasteiger partial charge < -0.3 is 5.11 Å². The minimum atomic E-state index is -4.57. The van der Waals surface area contributed by atoms with Crippen LogP contribution in [0.15, 0.2) is 60.8 Å². The Hall–Kier alpha value is -3.15. The molecule has 1 aromatic heterocycles. The minimum absolute atomic E-state index is 0.0672. The molecule has 0 amide bonds. The van der Waals surface area contributed by atoms with Gasteiger partial charge in [-0.15, -0.1) is 0 Å². The normalized spacial score (nSPS) is 14.0. The van der Waals surface area contributed by atoms with Crippen LogP contribution in [0.1, 0.15) is 51.4 Å². The second-order valence-electron chi connectivity index (χ2n) is 7.28. The molecule has 4 rings (SSSR count). The van der Waals surface area contributed by atoms with Crippen molar-refractivity contribution in [3.63, 3.8) is 0 Å². The summed E-state index contributed by atoms with van der Waals surface area (Å²) < 4.78 is 41.0. The van der Waals surface area contributed by atoms with E-state index in [-0.39, 0.29) is 17.7 Å². The van der Waals surface area contributed by atoms with E-state index in [9.17, 15) is 23.1 Å². The fraction of sp³-hybridized carbons (Fsp3) is 0.217. The minimum Gasteiger partial charge on any atom is -0.478 e. The zero-order valence-corrected chi connectivity index (χ0v) is 15.4. The summed E-state index contributed by atoms with van der Waals surface area (Å²) in [7, 11) is 0. The predicted octanol–water partition coefficient (Wildman–Crippen LogP) is 5.93. The van der Waals surface area contributed by atoms with E-state index in [1.54, 1.807) is 42.5 Å². The van der Waals surface area contributed by atoms with Crippen molar-refractivity contribution in [3.05, 3.63) is 88.6 Å². The van der Waals surface area contributed by atoms with Gasteiger partial charge in [-0.3, -0.25) is 4.98 Å². The van der Waals surface area contributed by atoms with Crippen LogP contribution in [-0.2, 0) is 12.6 Å². The third kappa shape index (κ3) is 4.16. The van der Waals surface area contributed by atoms with Crippen molar-refractivity contribution in [3.8, 4) is 11.3 Å². The van der Waals surface area contributed by atoms with Gasteiger partial charge in [0.15, 0.2) is 0 Å². The molecule has 1 aliphatic carbocycles. The van der Waals surface area contributed by atoms with Crippen LogP contribution in [0.3, 0.4) is 0 Å². The first-order valence-electron chi connectivity index (χ1n) is 9.30. The van der Waals surface area contributed by atoms with Crippen molar-refractivity contribution in [1.29, 1.82) is 0 Å². The van der Waals surface area contributed by atoms with Crippen LogP contribution in [0.25, 0.3) is 11.3 Å². The number of rotatable bonds is 5. The molecular formula is C23H18F3NO2. The van der Waals surface area contributed by atoms with Gasteiger partial charge in [-0.2, -0.15) is 13.2 Å². The number of hydrogen-bond donors (Lipinski definition) is 1. The zero-order chi connectivity index (χ0) is 20.6. The maximum Gasteiger partial charge on any atom is 0.418 e. The first-order chi connectivity index (χ1) is 13.8. The molecule has 1 N–H and O–H groups in total. The Balaban J connectivity index is 1.72. The van der Waals surface area contributed by atoms with Gasteiger partial charge in [0.25, 0.3) is 0 Å². The smallest absolute Gasteiger partial charge is 0.418 e. The third-order valence-electron chi connectivity index (χ3n) is 5.10. The number of halogens is 3. The lowest BCUT2D eigenvalue weighted by Gasteiger charge is -2.15. The fourth-order valence-electron chi connectivity index (χ4n) is 3.48. The Morgan fingerprint density at radius 2 is 1.79 bits per heavy atom. The highest BCUT2D eigenvalue weighted by molar-refractivity contribution is 5.90. The Kier molecular flexibility index (Phi) is 4.86. The molecule has 0 unspecified atom stereocenters. The van der Waals surface area contributed by atoms with Crippen molar-refractivity contribution in [2.24, 2.45) is 0 Å². The van der Waals surface area contributed by atoms with Crippen molar-refractivity contribution in [1.82, 2.24) is 4.98 Å². The highest BCUT2D eigenvalue weighted by Crippen LogP contribution is 2.41. The third-order valence-corrected chi connectivity index (χ3v) is 5.10. The van der Waals surface area contributed by atoms with E-state index >= 15 is 0 Å². The largest absolute Gasteiger partial charge is 0.478 e. The average molecular weight is 397 g/mol. The van der Waals surface area contributed by atoms with Crippen LogP contribution < -0.4 is 0 Å². The molecule has 1 heterocycles. The highest BCUT2D eigenvalue weighted by Gasteiger charge is 2.35. The van der Waals surface area contributed by atoms with Crippen LogP contribution in [0.4, 0.5) is 13.2 Å². The molecule has 1 fully saturated rings. The van der Waals surface area contributed by atoms with Crippen LogP contribution in [0.5, 0.6) is 0 Å². The van der Waals surface area contributed by atoms with Crippen molar-refractivity contribution in [2.45, 2.75) is 31.4 Å². The summed E-state index contributed by atoms with van der Waals surface area (Å²) in [6, 6.07) is 14.5. The molecule has 1 saturated carbocycles. The van der Waals surface area contributed by atoms with Crippen molar-refractivity contribution >= 4 is 5.97 Å². The lowest BCUT2D eigenvalue weighted by Crippen LogP contribution is -2.10. The molecule has 29 heavy (non-hydrogen) atoms. The van der Waals surface area contributed by atoms with Gasteiger partial charge >= 0.3 is 12.1 Å². The molecule has 0 atom stereocenters. The number of aromatic nitrogens is 1. The molecule has 2 aromatic carbocycles. The highest BCUT2D eigenvalue weighted by atomic mass is 19.4. The van der Waals surface area contributed by atoms with E-state index in [2.05, 4.69) is 4.98 Å². The molecule has 6 heteroatoms. The summed E-state index contributed by atoms with van der Waals surface area (Å²) in [6.45, 7) is 0. The summed E-state index contributed by atoms with van der Waals surface area (Å²) >= 11 is 0. The van der Waals surface area contributed by atoms with Gasteiger partial charge in [0.2, 0.25) is 0 Å². The SMILES string of the molecule is O=C(O)c1cc(C2CC2)ccc1Cc1cnc(-c2ccccc2)c(C(F)(F)F)c1. The maximum atomic E-state index is 13.7. The average Bonchev–Trinajstić information content (AvgIpc) is 3.53. The second-order valence-corrected chi connectivity index (χ2v) is 7.28. The predicted molar refractivity (Wildman–Crippen MR) is 103 cm³/mol. The monoisotopic (exact) mass is 397 g/mol. The summed E-state index contributed by atoms with van der Waals surface area (Å²) in [5.41, 5.74) is 1.32. The van der Waals surface area contributed by atoms with Gasteiger partial charge in [0.05, 0.1) is 16.8 Å². The summed E-state index contributed by atoms with van der Waals surface area (Å²) in [5.74, 6) is -0.682. The quantitative estimate of drug-likeness (QED) is 0.580. The fourth-order valence-corrected chi connectivity index (χ4v) is 3.48. The molecule has 0 saturated heterocycles. The summed E-state index contributed by atoms with van der Waals surface area (Å²) in [6.07, 6.45) is -1.04. The molecule has 0 spiro atoms. The van der Waals surface area contributed by atoms with E-state index in [0.29, 0.717) is 22.6 Å². The topological polar surface area (TPSA) is 50.2 Å². The van der Waals surface area contributed by atoms with Crippen LogP contribution in [-0.4, -0.2) is 16.1 Å². The number of benzene rings is 2. The zero-order valence-electron chi connectivity index (χ0n) is 15.4. The standard InChI is InChI=1S/C23H18F3NO2/c24-23(25,26)20-11-14(13-27-21(20)16-4-2-1-3-5-16)10-18-9-8-17(15-6-7-15)12-19(18)22(28)29/h1-5,8-9,11-13,15H,6-7,10H2,(H,28,29). The van der Waals surface area contributed by atoms with Crippen molar-refractivity contribution in [2.75, 3.05) is 0 Å². The van der Waals surface area contributed by atoms with Gasteiger partial charge in [0.1, 0.15) is 0 Å². The number of alkyl halides is 3. The first kappa shape index (κ1) is 19.2. The maximum absolute atomic E-state index is 13.7. The number of carboxylic acids is 1. The van der Waals surface area contributed by atoms with E-state index < -0.39 is 17.7 Å². The van der Waals surface area contributed by atoms with E-state index in [0.717, 1.165) is 24.5 Å². The number of nitrogens with zero attached hydrogens (tertiary/aromatic N) is 1. The van der Waals surface area contributed by atoms with Gasteiger partial charge in [-0.05, 0) is 54.0 Å². The van der Waals surface area contributed by atoms with Crippen LogP contribution >= 0.6 is 0 Å². The van der Waals surface area contributed by atoms with E-state index in [1.807, 2.05) is 6.07 Å². The summed E-state index contributed by atoms with van der Waals surface area (Å²) in [5, 5.41) is 9.55. The molecule has 148 valence electrons. The Bertz CT molecular complexity index is 1060. The number of carboxylic acid groups (broad SMARTS) is 1. The Labute approximate surface area is 165 Å². The van der Waals surface area contributed by atoms with Crippen LogP contribution in [0.2, 0.25) is 0 Å². The number of pyridine rings is 1. The van der Waals surface area contributed by atoms with E-state index in [1.165, 1.54) is 6.20 Å². The molecule has 1 aliphatic rings. The number of carbonyl (C=O) groups is 1. The second kappa shape index (κ2) is 7.35. The molecule has 3 nitrogen and oxygen atoms in total. The van der Waals surface area contributed by atoms with Gasteiger partial charge in [0, 0.05) is 11.8 Å². The van der Waals surface area contributed by atoms with E-state index in [4.69, 9.17) is 0 Å². The molecule has 0 bridgehead atoms. The summed E-state index contributed by atoms with van der Waals surface area (Å²) in [4.78, 5) is 15.8. The first-order valence-corrected chi connectivity index (χ1v) is 9.30. The lowest BCUT2D eigenvalue weighted by atomic mass is 9.95. The van der Waals surface area contributed by atoms with Crippen molar-refractivity contribution < 1.29 is 23.1 Å². The number of hydrogen-bond acceptors (Lipinski definition) is 2. The lowest BCUT2D eigenvalue weighted by molar-refractivity contribution is -0.137. The molecular weight excluding hydrogens is 379 g/mol. The molecule has 3 aromatic rings.